The molecule has 2 rings (SSSR count). The van der Waals surface area contributed by atoms with Crippen molar-refractivity contribution < 1.29 is 9.90 Å². The van der Waals surface area contributed by atoms with Gasteiger partial charge in [0, 0.05) is 18.2 Å². The maximum atomic E-state index is 11.5. The van der Waals surface area contributed by atoms with Crippen LogP contribution in [-0.2, 0) is 11.2 Å². The Morgan fingerprint density at radius 3 is 2.71 bits per heavy atom. The third kappa shape index (κ3) is 2.27. The normalized spacial score (nSPS) is 17.2. The number of rotatable bonds is 5. The molecule has 1 atom stereocenters. The fourth-order valence-corrected chi connectivity index (χ4v) is 2.28. The summed E-state index contributed by atoms with van der Waals surface area (Å²) in [6.45, 7) is 5.59. The van der Waals surface area contributed by atoms with Gasteiger partial charge in [-0.2, -0.15) is 5.10 Å². The largest absolute Gasteiger partial charge is 0.396 e. The number of nitrogens with zero attached hydrogens (tertiary/aromatic N) is 2. The second-order valence-corrected chi connectivity index (χ2v) is 4.93. The molecule has 0 spiro atoms. The van der Waals surface area contributed by atoms with Gasteiger partial charge in [0.25, 0.3) is 0 Å². The van der Waals surface area contributed by atoms with Crippen LogP contribution in [0.5, 0.6) is 0 Å². The molecular weight excluding hydrogens is 216 g/mol. The van der Waals surface area contributed by atoms with Gasteiger partial charge in [0.1, 0.15) is 6.04 Å². The van der Waals surface area contributed by atoms with E-state index in [0.717, 1.165) is 11.3 Å². The van der Waals surface area contributed by atoms with Gasteiger partial charge in [-0.3, -0.25) is 9.48 Å². The minimum absolute atomic E-state index is 0.130. The Balaban J connectivity index is 2.44. The Kier molecular flexibility index (Phi) is 3.33. The highest BCUT2D eigenvalue weighted by Gasteiger charge is 2.33. The molecule has 0 amide bonds. The molecule has 1 aromatic rings. The van der Waals surface area contributed by atoms with Gasteiger partial charge in [0.15, 0.2) is 5.78 Å². The highest BCUT2D eigenvalue weighted by Crippen LogP contribution is 2.43. The van der Waals surface area contributed by atoms with E-state index >= 15 is 0 Å². The van der Waals surface area contributed by atoms with Gasteiger partial charge in [-0.25, -0.2) is 0 Å². The van der Waals surface area contributed by atoms with Crippen LogP contribution in [0.4, 0.5) is 0 Å². The first-order valence-electron chi connectivity index (χ1n) is 6.25. The number of aliphatic hydroxyl groups is 1. The second kappa shape index (κ2) is 4.61. The lowest BCUT2D eigenvalue weighted by atomic mass is 10.1. The Morgan fingerprint density at radius 2 is 2.24 bits per heavy atom. The predicted octanol–water partition coefficient (Wildman–Crippen LogP) is 1.75. The van der Waals surface area contributed by atoms with Crippen molar-refractivity contribution in [1.29, 1.82) is 0 Å². The standard InChI is InChI=1S/C13H20N2O2/c1-8-12(6-7-16)13(11-4-5-11)15(14-8)9(2)10(3)17/h9,11,16H,4-7H2,1-3H3. The van der Waals surface area contributed by atoms with Crippen LogP contribution in [0.1, 0.15) is 55.6 Å². The highest BCUT2D eigenvalue weighted by atomic mass is 16.3. The van der Waals surface area contributed by atoms with Gasteiger partial charge in [0.05, 0.1) is 5.69 Å². The second-order valence-electron chi connectivity index (χ2n) is 4.93. The Hall–Kier alpha value is -1.16. The third-order valence-corrected chi connectivity index (χ3v) is 3.53. The van der Waals surface area contributed by atoms with E-state index in [0.29, 0.717) is 12.3 Å². The quantitative estimate of drug-likeness (QED) is 0.847. The average Bonchev–Trinajstić information content (AvgIpc) is 3.05. The lowest BCUT2D eigenvalue weighted by molar-refractivity contribution is -0.119. The maximum Gasteiger partial charge on any atom is 0.154 e. The van der Waals surface area contributed by atoms with Crippen molar-refractivity contribution in [2.24, 2.45) is 0 Å². The summed E-state index contributed by atoms with van der Waals surface area (Å²) in [6, 6.07) is -0.197. The summed E-state index contributed by atoms with van der Waals surface area (Å²) in [6.07, 6.45) is 2.99. The van der Waals surface area contributed by atoms with Crippen LogP contribution in [0.15, 0.2) is 0 Å². The number of aliphatic hydroxyl groups excluding tert-OH is 1. The number of hydrogen-bond acceptors (Lipinski definition) is 3. The lowest BCUT2D eigenvalue weighted by Crippen LogP contribution is -2.17. The van der Waals surface area contributed by atoms with Gasteiger partial charge >= 0.3 is 0 Å². The minimum Gasteiger partial charge on any atom is -0.396 e. The van der Waals surface area contributed by atoms with Gasteiger partial charge < -0.3 is 5.11 Å². The number of Topliss-reactive ketones (excluding diaryl/α,β-unsaturated/α-hetero) is 1. The first kappa shape index (κ1) is 12.3. The molecule has 0 aromatic carbocycles. The summed E-state index contributed by atoms with van der Waals surface area (Å²) in [5, 5.41) is 13.6. The molecule has 0 aliphatic heterocycles. The molecule has 4 nitrogen and oxygen atoms in total. The first-order chi connectivity index (χ1) is 8.06. The molecule has 1 aliphatic carbocycles. The van der Waals surface area contributed by atoms with Crippen LogP contribution in [0.25, 0.3) is 0 Å². The lowest BCUT2D eigenvalue weighted by Gasteiger charge is -2.13. The smallest absolute Gasteiger partial charge is 0.154 e. The molecule has 0 bridgehead atoms. The van der Waals surface area contributed by atoms with Gasteiger partial charge in [0.2, 0.25) is 0 Å². The number of carbonyl (C=O) groups excluding carboxylic acids is 1. The molecule has 4 heteroatoms. The fourth-order valence-electron chi connectivity index (χ4n) is 2.28. The first-order valence-corrected chi connectivity index (χ1v) is 6.25. The van der Waals surface area contributed by atoms with E-state index in [4.69, 9.17) is 5.11 Å². The molecule has 0 saturated heterocycles. The highest BCUT2D eigenvalue weighted by molar-refractivity contribution is 5.79. The minimum atomic E-state index is -0.197. The van der Waals surface area contributed by atoms with E-state index in [9.17, 15) is 4.79 Å². The monoisotopic (exact) mass is 236 g/mol. The van der Waals surface area contributed by atoms with Crippen LogP contribution in [0.3, 0.4) is 0 Å². The third-order valence-electron chi connectivity index (χ3n) is 3.53. The summed E-state index contributed by atoms with van der Waals surface area (Å²) >= 11 is 0. The predicted molar refractivity (Wildman–Crippen MR) is 65.1 cm³/mol. The number of carbonyl (C=O) groups is 1. The summed E-state index contributed by atoms with van der Waals surface area (Å²) in [4.78, 5) is 11.5. The zero-order valence-corrected chi connectivity index (χ0v) is 10.7. The zero-order valence-electron chi connectivity index (χ0n) is 10.7. The SMILES string of the molecule is CC(=O)C(C)n1nc(C)c(CCO)c1C1CC1. The van der Waals surface area contributed by atoms with Crippen molar-refractivity contribution in [2.75, 3.05) is 6.61 Å². The van der Waals surface area contributed by atoms with E-state index in [1.54, 1.807) is 6.92 Å². The van der Waals surface area contributed by atoms with Crippen molar-refractivity contribution in [3.05, 3.63) is 17.0 Å². The Morgan fingerprint density at radius 1 is 1.59 bits per heavy atom. The van der Waals surface area contributed by atoms with Crippen LogP contribution in [0, 0.1) is 6.92 Å². The number of hydrogen-bond donors (Lipinski definition) is 1. The van der Waals surface area contributed by atoms with Gasteiger partial charge in [-0.15, -0.1) is 0 Å². The molecule has 17 heavy (non-hydrogen) atoms. The Bertz CT molecular complexity index is 433. The van der Waals surface area contributed by atoms with E-state index in [1.807, 2.05) is 18.5 Å². The molecule has 1 aliphatic rings. The number of aromatic nitrogens is 2. The van der Waals surface area contributed by atoms with Crippen LogP contribution < -0.4 is 0 Å². The van der Waals surface area contributed by atoms with E-state index in [-0.39, 0.29) is 18.4 Å². The van der Waals surface area contributed by atoms with Crippen molar-refractivity contribution in [1.82, 2.24) is 9.78 Å². The molecule has 1 N–H and O–H groups in total. The molecule has 1 saturated carbocycles. The van der Waals surface area contributed by atoms with Crippen molar-refractivity contribution in [3.63, 3.8) is 0 Å². The maximum absolute atomic E-state index is 11.5. The summed E-state index contributed by atoms with van der Waals surface area (Å²) in [5.74, 6) is 0.671. The number of ketones is 1. The summed E-state index contributed by atoms with van der Waals surface area (Å²) < 4.78 is 1.88. The van der Waals surface area contributed by atoms with E-state index in [2.05, 4.69) is 5.10 Å². The van der Waals surface area contributed by atoms with Crippen LogP contribution >= 0.6 is 0 Å². The fraction of sp³-hybridized carbons (Fsp3) is 0.692. The molecule has 1 unspecified atom stereocenters. The summed E-state index contributed by atoms with van der Waals surface area (Å²) in [7, 11) is 0. The number of aryl methyl sites for hydroxylation is 1. The zero-order chi connectivity index (χ0) is 12.6. The van der Waals surface area contributed by atoms with Gasteiger partial charge in [-0.05, 0) is 45.6 Å². The van der Waals surface area contributed by atoms with E-state index in [1.165, 1.54) is 18.5 Å². The topological polar surface area (TPSA) is 55.1 Å². The van der Waals surface area contributed by atoms with Crippen LogP contribution in [0.2, 0.25) is 0 Å². The van der Waals surface area contributed by atoms with Crippen molar-refractivity contribution in [3.8, 4) is 0 Å². The van der Waals surface area contributed by atoms with Crippen LogP contribution in [-0.4, -0.2) is 27.3 Å². The van der Waals surface area contributed by atoms with E-state index < -0.39 is 0 Å². The van der Waals surface area contributed by atoms with Gasteiger partial charge in [-0.1, -0.05) is 0 Å². The Labute approximate surface area is 102 Å². The van der Waals surface area contributed by atoms with Crippen molar-refractivity contribution in [2.45, 2.75) is 52.0 Å². The molecule has 1 heterocycles. The average molecular weight is 236 g/mol. The molecule has 1 aromatic heterocycles. The van der Waals surface area contributed by atoms with Crippen molar-refractivity contribution >= 4 is 5.78 Å². The summed E-state index contributed by atoms with van der Waals surface area (Å²) in [5.41, 5.74) is 3.27. The molecule has 94 valence electrons. The molecule has 0 radical (unpaired) electrons. The molecular formula is C13H20N2O2. The molecule has 1 fully saturated rings.